The Balaban J connectivity index is 1.92. The molecule has 0 aliphatic heterocycles. The summed E-state index contributed by atoms with van der Waals surface area (Å²) in [6.07, 6.45) is 1.61. The average molecular weight is 247 g/mol. The minimum absolute atomic E-state index is 0.243. The van der Waals surface area contributed by atoms with E-state index >= 15 is 0 Å². The van der Waals surface area contributed by atoms with Gasteiger partial charge >= 0.3 is 6.18 Å². The van der Waals surface area contributed by atoms with E-state index in [2.05, 4.69) is 15.5 Å². The highest BCUT2D eigenvalue weighted by molar-refractivity contribution is 5.02. The number of nitrogens with zero attached hydrogens (tertiary/aromatic N) is 1. The molecule has 2 N–H and O–H groups in total. The van der Waals surface area contributed by atoms with E-state index in [9.17, 15) is 13.2 Å². The van der Waals surface area contributed by atoms with E-state index in [1.807, 2.05) is 0 Å². The Morgan fingerprint density at radius 2 is 2.12 bits per heavy atom. The van der Waals surface area contributed by atoms with Crippen LogP contribution in [-0.2, 0) is 6.54 Å². The molecule has 3 nitrogen and oxygen atoms in total. The summed E-state index contributed by atoms with van der Waals surface area (Å²) in [4.78, 5) is 0. The number of nitrogens with one attached hydrogen (secondary N) is 2. The first-order valence-electron chi connectivity index (χ1n) is 5.85. The second-order valence-electron chi connectivity index (χ2n) is 4.53. The lowest BCUT2D eigenvalue weighted by molar-refractivity contribution is -0.189. The van der Waals surface area contributed by atoms with E-state index in [0.717, 1.165) is 12.0 Å². The Kier molecular flexibility index (Phi) is 3.71. The maximum absolute atomic E-state index is 12.8. The Morgan fingerprint density at radius 3 is 2.76 bits per heavy atom. The van der Waals surface area contributed by atoms with Crippen molar-refractivity contribution < 1.29 is 13.2 Å². The lowest BCUT2D eigenvalue weighted by atomic mass is 9.84. The second-order valence-corrected chi connectivity index (χ2v) is 4.53. The number of aromatic amines is 1. The van der Waals surface area contributed by atoms with Crippen molar-refractivity contribution in [3.63, 3.8) is 0 Å². The summed E-state index contributed by atoms with van der Waals surface area (Å²) in [7, 11) is 0. The van der Waals surface area contributed by atoms with Crippen LogP contribution in [0.2, 0.25) is 0 Å². The van der Waals surface area contributed by atoms with Gasteiger partial charge in [0.05, 0.1) is 12.1 Å². The van der Waals surface area contributed by atoms with Gasteiger partial charge in [-0.3, -0.25) is 5.10 Å². The molecular weight excluding hydrogens is 231 g/mol. The fourth-order valence-corrected chi connectivity index (χ4v) is 2.39. The maximum Gasteiger partial charge on any atom is 0.393 e. The zero-order valence-corrected chi connectivity index (χ0v) is 9.43. The second kappa shape index (κ2) is 5.08. The van der Waals surface area contributed by atoms with Crippen LogP contribution in [0.15, 0.2) is 12.4 Å². The molecule has 96 valence electrons. The third-order valence-corrected chi connectivity index (χ3v) is 3.31. The molecular formula is C11H16F3N3. The molecule has 0 aromatic carbocycles. The minimum atomic E-state index is -4.09. The van der Waals surface area contributed by atoms with Gasteiger partial charge in [0.15, 0.2) is 0 Å². The van der Waals surface area contributed by atoms with Crippen molar-refractivity contribution in [3.05, 3.63) is 18.0 Å². The lowest BCUT2D eigenvalue weighted by Crippen LogP contribution is -2.45. The third-order valence-electron chi connectivity index (χ3n) is 3.31. The predicted molar refractivity (Wildman–Crippen MR) is 57.2 cm³/mol. The highest BCUT2D eigenvalue weighted by atomic mass is 19.4. The molecule has 0 saturated heterocycles. The number of aromatic nitrogens is 2. The molecule has 1 aromatic rings. The molecule has 0 bridgehead atoms. The molecule has 1 saturated carbocycles. The van der Waals surface area contributed by atoms with E-state index in [4.69, 9.17) is 0 Å². The monoisotopic (exact) mass is 247 g/mol. The van der Waals surface area contributed by atoms with Crippen molar-refractivity contribution in [3.8, 4) is 0 Å². The molecule has 2 unspecified atom stereocenters. The number of rotatable bonds is 3. The Bertz CT molecular complexity index is 334. The van der Waals surface area contributed by atoms with Crippen LogP contribution in [0, 0.1) is 5.92 Å². The number of halogens is 3. The summed E-state index contributed by atoms with van der Waals surface area (Å²) in [6.45, 7) is 0.438. The number of hydrogen-bond acceptors (Lipinski definition) is 2. The van der Waals surface area contributed by atoms with Crippen molar-refractivity contribution in [2.24, 2.45) is 5.92 Å². The van der Waals surface area contributed by atoms with Crippen LogP contribution < -0.4 is 5.32 Å². The van der Waals surface area contributed by atoms with Crippen molar-refractivity contribution in [1.29, 1.82) is 0 Å². The first-order chi connectivity index (χ1) is 8.07. The van der Waals surface area contributed by atoms with E-state index < -0.39 is 18.1 Å². The molecule has 1 aromatic heterocycles. The fourth-order valence-electron chi connectivity index (χ4n) is 2.39. The zero-order chi connectivity index (χ0) is 12.3. The number of hydrogen-bond donors (Lipinski definition) is 2. The van der Waals surface area contributed by atoms with E-state index in [0.29, 0.717) is 19.4 Å². The molecule has 1 fully saturated rings. The number of H-pyrrole nitrogens is 1. The van der Waals surface area contributed by atoms with E-state index in [-0.39, 0.29) is 6.42 Å². The smallest absolute Gasteiger partial charge is 0.309 e. The summed E-state index contributed by atoms with van der Waals surface area (Å²) in [6, 6.07) is -0.460. The Labute approximate surface area is 97.8 Å². The Morgan fingerprint density at radius 1 is 1.35 bits per heavy atom. The molecule has 2 rings (SSSR count). The summed E-state index contributed by atoms with van der Waals surface area (Å²) >= 11 is 0. The fraction of sp³-hybridized carbons (Fsp3) is 0.727. The van der Waals surface area contributed by atoms with E-state index in [1.165, 1.54) is 0 Å². The van der Waals surface area contributed by atoms with Gasteiger partial charge in [-0.2, -0.15) is 18.3 Å². The van der Waals surface area contributed by atoms with Crippen molar-refractivity contribution in [1.82, 2.24) is 15.5 Å². The van der Waals surface area contributed by atoms with Crippen LogP contribution in [0.5, 0.6) is 0 Å². The molecule has 2 atom stereocenters. The average Bonchev–Trinajstić information content (AvgIpc) is 2.78. The first-order valence-corrected chi connectivity index (χ1v) is 5.85. The van der Waals surface area contributed by atoms with E-state index in [1.54, 1.807) is 12.4 Å². The summed E-state index contributed by atoms with van der Waals surface area (Å²) in [5, 5.41) is 9.41. The van der Waals surface area contributed by atoms with Crippen LogP contribution in [0.4, 0.5) is 13.2 Å². The van der Waals surface area contributed by atoms with Gasteiger partial charge < -0.3 is 5.32 Å². The van der Waals surface area contributed by atoms with Crippen molar-refractivity contribution in [2.45, 2.75) is 44.4 Å². The van der Waals surface area contributed by atoms with Crippen molar-refractivity contribution >= 4 is 0 Å². The van der Waals surface area contributed by atoms with Gasteiger partial charge in [-0.25, -0.2) is 0 Å². The van der Waals surface area contributed by atoms with Crippen molar-refractivity contribution in [2.75, 3.05) is 0 Å². The molecule has 6 heteroatoms. The highest BCUT2D eigenvalue weighted by Crippen LogP contribution is 2.37. The Hall–Kier alpha value is -1.04. The van der Waals surface area contributed by atoms with Crippen LogP contribution in [0.25, 0.3) is 0 Å². The highest BCUT2D eigenvalue weighted by Gasteiger charge is 2.45. The van der Waals surface area contributed by atoms with Gasteiger partial charge in [-0.05, 0) is 12.8 Å². The third kappa shape index (κ3) is 3.21. The van der Waals surface area contributed by atoms with Crippen LogP contribution in [-0.4, -0.2) is 22.4 Å². The van der Waals surface area contributed by atoms with Gasteiger partial charge in [0.25, 0.3) is 0 Å². The molecule has 1 aliphatic carbocycles. The zero-order valence-electron chi connectivity index (χ0n) is 9.43. The predicted octanol–water partition coefficient (Wildman–Crippen LogP) is 2.62. The molecule has 0 radical (unpaired) electrons. The summed E-state index contributed by atoms with van der Waals surface area (Å²) in [5.74, 6) is -1.21. The molecule has 1 heterocycles. The largest absolute Gasteiger partial charge is 0.393 e. The van der Waals surface area contributed by atoms with Gasteiger partial charge in [-0.1, -0.05) is 12.8 Å². The molecule has 0 spiro atoms. The van der Waals surface area contributed by atoms with Gasteiger partial charge in [0.2, 0.25) is 0 Å². The van der Waals surface area contributed by atoms with Gasteiger partial charge in [0.1, 0.15) is 0 Å². The van der Waals surface area contributed by atoms with Gasteiger partial charge in [0, 0.05) is 24.3 Å². The SMILES string of the molecule is FC(F)(F)C1CCCCC1NCc1cn[nH]c1. The van der Waals surface area contributed by atoms with Crippen LogP contribution in [0.1, 0.15) is 31.2 Å². The summed E-state index contributed by atoms with van der Waals surface area (Å²) < 4.78 is 38.4. The van der Waals surface area contributed by atoms with Crippen LogP contribution in [0.3, 0.4) is 0 Å². The number of alkyl halides is 3. The maximum atomic E-state index is 12.8. The molecule has 0 amide bonds. The van der Waals surface area contributed by atoms with Crippen LogP contribution >= 0.6 is 0 Å². The topological polar surface area (TPSA) is 40.7 Å². The first kappa shape index (κ1) is 12.4. The quantitative estimate of drug-likeness (QED) is 0.862. The standard InChI is InChI=1S/C11H16F3N3/c12-11(13,14)9-3-1-2-4-10(9)15-5-8-6-16-17-7-8/h6-7,9-10,15H,1-5H2,(H,16,17). The molecule has 17 heavy (non-hydrogen) atoms. The summed E-state index contributed by atoms with van der Waals surface area (Å²) in [5.41, 5.74) is 0.886. The minimum Gasteiger partial charge on any atom is -0.309 e. The normalized spacial score (nSPS) is 26.1. The van der Waals surface area contributed by atoms with Gasteiger partial charge in [-0.15, -0.1) is 0 Å². The lowest BCUT2D eigenvalue weighted by Gasteiger charge is -2.33. The molecule has 1 aliphatic rings.